The maximum Gasteiger partial charge on any atom is 0.315 e. The molecule has 0 aliphatic carbocycles. The first-order chi connectivity index (χ1) is 7.96. The maximum absolute atomic E-state index is 11.9. The van der Waals surface area contributed by atoms with Crippen molar-refractivity contribution in [2.45, 2.75) is 32.8 Å². The van der Waals surface area contributed by atoms with Crippen molar-refractivity contribution in [1.29, 1.82) is 0 Å². The Balaban J connectivity index is 2.11. The molecule has 17 heavy (non-hydrogen) atoms. The second-order valence-electron chi connectivity index (χ2n) is 5.13. The average Bonchev–Trinajstić information content (AvgIpc) is 2.26. The molecular weight excluding hydrogens is 216 g/mol. The van der Waals surface area contributed by atoms with E-state index in [1.54, 1.807) is 18.6 Å². The second kappa shape index (κ2) is 4.28. The van der Waals surface area contributed by atoms with Crippen LogP contribution in [0.2, 0.25) is 0 Å². The second-order valence-corrected chi connectivity index (χ2v) is 5.13. The Morgan fingerprint density at radius 3 is 2.94 bits per heavy atom. The summed E-state index contributed by atoms with van der Waals surface area (Å²) in [7, 11) is 0. The molecule has 0 saturated carbocycles. The third kappa shape index (κ3) is 2.90. The van der Waals surface area contributed by atoms with E-state index in [-0.39, 0.29) is 11.9 Å². The topological polar surface area (TPSA) is 51.5 Å². The lowest BCUT2D eigenvalue weighted by atomic mass is 9.97. The third-order valence-corrected chi connectivity index (χ3v) is 2.43. The fourth-order valence-electron chi connectivity index (χ4n) is 1.69. The Labute approximate surface area is 101 Å². The van der Waals surface area contributed by atoms with Crippen LogP contribution in [0.15, 0.2) is 23.5 Å². The van der Waals surface area contributed by atoms with Gasteiger partial charge in [0.15, 0.2) is 0 Å². The molecular formula is C13H16N2O2. The zero-order valence-electron chi connectivity index (χ0n) is 10.3. The lowest BCUT2D eigenvalue weighted by Crippen LogP contribution is -2.31. The van der Waals surface area contributed by atoms with Crippen LogP contribution >= 0.6 is 0 Å². The minimum absolute atomic E-state index is 0.219. The smallest absolute Gasteiger partial charge is 0.315 e. The molecule has 0 saturated heterocycles. The van der Waals surface area contributed by atoms with Crippen molar-refractivity contribution in [2.75, 3.05) is 0 Å². The number of fused-ring (bicyclic) bond motifs is 1. The monoisotopic (exact) mass is 232 g/mol. The molecule has 0 N–H and O–H groups in total. The molecule has 1 unspecified atom stereocenters. The molecule has 1 aromatic rings. The minimum atomic E-state index is -0.455. The molecule has 0 radical (unpaired) electrons. The van der Waals surface area contributed by atoms with Crippen molar-refractivity contribution < 1.29 is 9.53 Å². The Kier molecular flexibility index (Phi) is 2.96. The Bertz CT molecular complexity index is 461. The van der Waals surface area contributed by atoms with Gasteiger partial charge in [-0.3, -0.25) is 14.8 Å². The molecule has 0 aromatic carbocycles. The highest BCUT2D eigenvalue weighted by Crippen LogP contribution is 2.26. The van der Waals surface area contributed by atoms with Gasteiger partial charge in [-0.2, -0.15) is 0 Å². The Morgan fingerprint density at radius 1 is 1.47 bits per heavy atom. The number of aliphatic imine (C=N–C) groups is 1. The van der Waals surface area contributed by atoms with Crippen molar-refractivity contribution in [3.8, 4) is 0 Å². The van der Waals surface area contributed by atoms with Gasteiger partial charge >= 0.3 is 5.97 Å². The van der Waals surface area contributed by atoms with E-state index in [1.807, 2.05) is 26.8 Å². The highest BCUT2D eigenvalue weighted by atomic mass is 16.6. The van der Waals surface area contributed by atoms with Gasteiger partial charge in [-0.05, 0) is 38.8 Å². The highest BCUT2D eigenvalue weighted by Gasteiger charge is 2.26. The van der Waals surface area contributed by atoms with Crippen LogP contribution in [0.5, 0.6) is 0 Å². The molecule has 2 heterocycles. The minimum Gasteiger partial charge on any atom is -0.459 e. The summed E-state index contributed by atoms with van der Waals surface area (Å²) in [4.78, 5) is 20.1. The van der Waals surface area contributed by atoms with Gasteiger partial charge < -0.3 is 4.74 Å². The summed E-state index contributed by atoms with van der Waals surface area (Å²) in [6.45, 7) is 5.59. The largest absolute Gasteiger partial charge is 0.459 e. The standard InChI is InChI=1S/C13H16N2O2/c1-13(2,3)17-12(16)10-6-9-4-5-14-8-11(9)15-7-10/h4-5,7-8,10H,6H2,1-3H3. The predicted octanol–water partition coefficient (Wildman–Crippen LogP) is 2.30. The van der Waals surface area contributed by atoms with E-state index in [1.165, 1.54) is 0 Å². The third-order valence-electron chi connectivity index (χ3n) is 2.43. The number of pyridine rings is 1. The van der Waals surface area contributed by atoms with E-state index in [9.17, 15) is 4.79 Å². The summed E-state index contributed by atoms with van der Waals surface area (Å²) in [5, 5.41) is 0. The molecule has 1 aromatic heterocycles. The molecule has 1 atom stereocenters. The van der Waals surface area contributed by atoms with Crippen molar-refractivity contribution in [1.82, 2.24) is 4.98 Å². The summed E-state index contributed by atoms with van der Waals surface area (Å²) in [5.74, 6) is -0.507. The number of ether oxygens (including phenoxy) is 1. The Morgan fingerprint density at radius 2 is 2.24 bits per heavy atom. The summed E-state index contributed by atoms with van der Waals surface area (Å²) in [5.41, 5.74) is 1.43. The van der Waals surface area contributed by atoms with Gasteiger partial charge in [0.1, 0.15) is 5.60 Å². The summed E-state index contributed by atoms with van der Waals surface area (Å²) < 4.78 is 5.35. The lowest BCUT2D eigenvalue weighted by molar-refractivity contribution is -0.157. The number of rotatable bonds is 1. The van der Waals surface area contributed by atoms with Crippen LogP contribution in [0.25, 0.3) is 0 Å². The number of hydrogen-bond acceptors (Lipinski definition) is 4. The van der Waals surface area contributed by atoms with Crippen LogP contribution in [-0.4, -0.2) is 22.8 Å². The SMILES string of the molecule is CC(C)(C)OC(=O)C1C=Nc2cnccc2C1. The fraction of sp³-hybridized carbons (Fsp3) is 0.462. The number of esters is 1. The van der Waals surface area contributed by atoms with E-state index in [2.05, 4.69) is 9.98 Å². The Hall–Kier alpha value is -1.71. The van der Waals surface area contributed by atoms with Crippen LogP contribution in [0.4, 0.5) is 5.69 Å². The predicted molar refractivity (Wildman–Crippen MR) is 65.4 cm³/mol. The quantitative estimate of drug-likeness (QED) is 0.698. The average molecular weight is 232 g/mol. The number of hydrogen-bond donors (Lipinski definition) is 0. The highest BCUT2D eigenvalue weighted by molar-refractivity contribution is 5.92. The molecule has 0 spiro atoms. The first-order valence-electron chi connectivity index (χ1n) is 5.66. The van der Waals surface area contributed by atoms with Crippen molar-refractivity contribution in [2.24, 2.45) is 10.9 Å². The molecule has 0 bridgehead atoms. The molecule has 2 rings (SSSR count). The van der Waals surface area contributed by atoms with Crippen molar-refractivity contribution in [3.05, 3.63) is 24.0 Å². The van der Waals surface area contributed by atoms with Crippen LogP contribution in [0.3, 0.4) is 0 Å². The first kappa shape index (κ1) is 11.8. The van der Waals surface area contributed by atoms with Crippen LogP contribution in [0.1, 0.15) is 26.3 Å². The zero-order chi connectivity index (χ0) is 12.5. The summed E-state index contributed by atoms with van der Waals surface area (Å²) in [6.07, 6.45) is 5.71. The molecule has 1 aliphatic rings. The number of carbonyl (C=O) groups is 1. The van der Waals surface area contributed by atoms with Gasteiger partial charge in [0, 0.05) is 12.4 Å². The number of nitrogens with zero attached hydrogens (tertiary/aromatic N) is 2. The van der Waals surface area contributed by atoms with E-state index in [4.69, 9.17) is 4.74 Å². The van der Waals surface area contributed by atoms with E-state index in [0.717, 1.165) is 11.3 Å². The molecule has 0 fully saturated rings. The van der Waals surface area contributed by atoms with Gasteiger partial charge in [-0.25, -0.2) is 0 Å². The molecule has 90 valence electrons. The zero-order valence-corrected chi connectivity index (χ0v) is 10.3. The maximum atomic E-state index is 11.9. The van der Waals surface area contributed by atoms with E-state index >= 15 is 0 Å². The molecule has 0 amide bonds. The lowest BCUT2D eigenvalue weighted by Gasteiger charge is -2.23. The van der Waals surface area contributed by atoms with Crippen molar-refractivity contribution in [3.63, 3.8) is 0 Å². The van der Waals surface area contributed by atoms with Gasteiger partial charge in [0.2, 0.25) is 0 Å². The summed E-state index contributed by atoms with van der Waals surface area (Å²) in [6, 6.07) is 1.89. The number of aromatic nitrogens is 1. The molecule has 4 heteroatoms. The number of carbonyl (C=O) groups excluding carboxylic acids is 1. The summed E-state index contributed by atoms with van der Waals surface area (Å²) >= 11 is 0. The van der Waals surface area contributed by atoms with Crippen LogP contribution in [0, 0.1) is 5.92 Å². The van der Waals surface area contributed by atoms with Crippen LogP contribution in [-0.2, 0) is 16.0 Å². The van der Waals surface area contributed by atoms with Crippen molar-refractivity contribution >= 4 is 17.9 Å². The normalized spacial score (nSPS) is 18.6. The fourth-order valence-corrected chi connectivity index (χ4v) is 1.69. The van der Waals surface area contributed by atoms with E-state index < -0.39 is 5.60 Å². The molecule has 1 aliphatic heterocycles. The van der Waals surface area contributed by atoms with E-state index in [0.29, 0.717) is 6.42 Å². The molecule has 4 nitrogen and oxygen atoms in total. The van der Waals surface area contributed by atoms with Gasteiger partial charge in [-0.1, -0.05) is 0 Å². The van der Waals surface area contributed by atoms with Gasteiger partial charge in [0.05, 0.1) is 17.8 Å². The first-order valence-corrected chi connectivity index (χ1v) is 5.66. The van der Waals surface area contributed by atoms with Gasteiger partial charge in [0.25, 0.3) is 0 Å². The van der Waals surface area contributed by atoms with Gasteiger partial charge in [-0.15, -0.1) is 0 Å². The van der Waals surface area contributed by atoms with Crippen LogP contribution < -0.4 is 0 Å².